The molecule has 0 saturated carbocycles. The van der Waals surface area contributed by atoms with Crippen molar-refractivity contribution < 1.29 is 24.2 Å². The molecule has 0 radical (unpaired) electrons. The summed E-state index contributed by atoms with van der Waals surface area (Å²) in [6.07, 6.45) is 2.77. The van der Waals surface area contributed by atoms with E-state index in [0.29, 0.717) is 29.9 Å². The van der Waals surface area contributed by atoms with Crippen LogP contribution in [0.1, 0.15) is 27.9 Å². The standard InChI is InChI=1S/C17H18O5/c1-4-14(18)16(21-3)8-11-5-6-22-15-7-10(2)12(17(19)20)9-13(11)15/h4,7-9,16H,1,5-6H2,2-3H3,(H,19,20)/b11-8+. The minimum absolute atomic E-state index is 0.221. The van der Waals surface area contributed by atoms with E-state index in [0.717, 1.165) is 5.57 Å². The van der Waals surface area contributed by atoms with Crippen LogP contribution in [0.2, 0.25) is 0 Å². The molecule has 0 amide bonds. The van der Waals surface area contributed by atoms with Crippen molar-refractivity contribution in [2.24, 2.45) is 0 Å². The Bertz CT molecular complexity index is 657. The van der Waals surface area contributed by atoms with Gasteiger partial charge in [-0.15, -0.1) is 0 Å². The van der Waals surface area contributed by atoms with E-state index in [-0.39, 0.29) is 11.3 Å². The summed E-state index contributed by atoms with van der Waals surface area (Å²) >= 11 is 0. The number of fused-ring (bicyclic) bond motifs is 1. The third kappa shape index (κ3) is 3.09. The zero-order valence-electron chi connectivity index (χ0n) is 12.6. The van der Waals surface area contributed by atoms with Gasteiger partial charge in [0.2, 0.25) is 0 Å². The summed E-state index contributed by atoms with van der Waals surface area (Å²) in [5, 5.41) is 9.26. The minimum atomic E-state index is -0.990. The maximum absolute atomic E-state index is 11.7. The summed E-state index contributed by atoms with van der Waals surface area (Å²) in [7, 11) is 1.45. The van der Waals surface area contributed by atoms with Gasteiger partial charge >= 0.3 is 5.97 Å². The second-order valence-corrected chi connectivity index (χ2v) is 5.02. The molecule has 2 rings (SSSR count). The monoisotopic (exact) mass is 302 g/mol. The number of aryl methyl sites for hydroxylation is 1. The van der Waals surface area contributed by atoms with Crippen LogP contribution in [-0.4, -0.2) is 36.7 Å². The van der Waals surface area contributed by atoms with E-state index in [1.165, 1.54) is 13.2 Å². The van der Waals surface area contributed by atoms with Crippen molar-refractivity contribution in [1.82, 2.24) is 0 Å². The first-order valence-corrected chi connectivity index (χ1v) is 6.88. The number of ketones is 1. The SMILES string of the molecule is C=CC(=O)C(/C=C1\CCOc2cc(C)c(C(=O)O)cc21)OC. The van der Waals surface area contributed by atoms with Crippen LogP contribution in [0.3, 0.4) is 0 Å². The molecule has 5 nitrogen and oxygen atoms in total. The van der Waals surface area contributed by atoms with Crippen LogP contribution in [0.25, 0.3) is 5.57 Å². The molecule has 1 aliphatic rings. The van der Waals surface area contributed by atoms with Crippen LogP contribution in [-0.2, 0) is 9.53 Å². The van der Waals surface area contributed by atoms with Gasteiger partial charge in [-0.25, -0.2) is 4.79 Å². The van der Waals surface area contributed by atoms with Crippen LogP contribution < -0.4 is 4.74 Å². The van der Waals surface area contributed by atoms with E-state index in [1.54, 1.807) is 25.1 Å². The molecule has 116 valence electrons. The van der Waals surface area contributed by atoms with Crippen molar-refractivity contribution >= 4 is 17.3 Å². The molecule has 1 aromatic carbocycles. The molecule has 0 aromatic heterocycles. The Morgan fingerprint density at radius 3 is 2.77 bits per heavy atom. The highest BCUT2D eigenvalue weighted by molar-refractivity contribution is 5.96. The summed E-state index contributed by atoms with van der Waals surface area (Å²) < 4.78 is 10.8. The first kappa shape index (κ1) is 16.0. The van der Waals surface area contributed by atoms with Crippen molar-refractivity contribution in [2.75, 3.05) is 13.7 Å². The number of hydrogen-bond acceptors (Lipinski definition) is 4. The average molecular weight is 302 g/mol. The van der Waals surface area contributed by atoms with Gasteiger partial charge in [0, 0.05) is 19.1 Å². The van der Waals surface area contributed by atoms with E-state index < -0.39 is 12.1 Å². The predicted molar refractivity (Wildman–Crippen MR) is 82.2 cm³/mol. The Kier molecular flexibility index (Phi) is 4.78. The van der Waals surface area contributed by atoms with Crippen molar-refractivity contribution in [1.29, 1.82) is 0 Å². The van der Waals surface area contributed by atoms with Gasteiger partial charge < -0.3 is 14.6 Å². The Morgan fingerprint density at radius 1 is 1.45 bits per heavy atom. The average Bonchev–Trinajstić information content (AvgIpc) is 2.50. The predicted octanol–water partition coefficient (Wildman–Crippen LogP) is 2.63. The molecule has 5 heteroatoms. The second-order valence-electron chi connectivity index (χ2n) is 5.02. The number of hydrogen-bond donors (Lipinski definition) is 1. The fourth-order valence-corrected chi connectivity index (χ4v) is 2.43. The number of benzene rings is 1. The number of carbonyl (C=O) groups is 2. The number of carbonyl (C=O) groups excluding carboxylic acids is 1. The molecule has 0 saturated heterocycles. The Hall–Kier alpha value is -2.40. The zero-order chi connectivity index (χ0) is 16.3. The van der Waals surface area contributed by atoms with E-state index >= 15 is 0 Å². The number of carboxylic acid groups (broad SMARTS) is 1. The quantitative estimate of drug-likeness (QED) is 0.846. The van der Waals surface area contributed by atoms with Gasteiger partial charge in [0.15, 0.2) is 5.78 Å². The highest BCUT2D eigenvalue weighted by Crippen LogP contribution is 2.35. The number of carboxylic acids is 1. The second kappa shape index (κ2) is 6.58. The molecule has 1 aromatic rings. The van der Waals surface area contributed by atoms with Crippen LogP contribution in [0, 0.1) is 6.92 Å². The summed E-state index contributed by atoms with van der Waals surface area (Å²) in [6, 6.07) is 3.30. The highest BCUT2D eigenvalue weighted by atomic mass is 16.5. The molecule has 0 aliphatic carbocycles. The zero-order valence-corrected chi connectivity index (χ0v) is 12.6. The number of aromatic carboxylic acids is 1. The van der Waals surface area contributed by atoms with Gasteiger partial charge in [0.1, 0.15) is 11.9 Å². The normalized spacial score (nSPS) is 16.5. The molecule has 0 bridgehead atoms. The molecule has 1 aliphatic heterocycles. The molecule has 1 heterocycles. The fourth-order valence-electron chi connectivity index (χ4n) is 2.43. The van der Waals surface area contributed by atoms with Gasteiger partial charge in [-0.3, -0.25) is 4.79 Å². The third-order valence-corrected chi connectivity index (χ3v) is 3.62. The molecule has 22 heavy (non-hydrogen) atoms. The molecule has 0 fully saturated rings. The van der Waals surface area contributed by atoms with Gasteiger partial charge in [-0.1, -0.05) is 6.58 Å². The van der Waals surface area contributed by atoms with E-state index in [1.807, 2.05) is 0 Å². The summed E-state index contributed by atoms with van der Waals surface area (Å²) in [5.41, 5.74) is 2.39. The lowest BCUT2D eigenvalue weighted by Crippen LogP contribution is -2.20. The van der Waals surface area contributed by atoms with Gasteiger partial charge in [-0.2, -0.15) is 0 Å². The maximum atomic E-state index is 11.7. The van der Waals surface area contributed by atoms with Crippen molar-refractivity contribution in [3.63, 3.8) is 0 Å². The van der Waals surface area contributed by atoms with Gasteiger partial charge in [0.25, 0.3) is 0 Å². The smallest absolute Gasteiger partial charge is 0.335 e. The molecular weight excluding hydrogens is 284 g/mol. The largest absolute Gasteiger partial charge is 0.493 e. The van der Waals surface area contributed by atoms with Crippen LogP contribution in [0.4, 0.5) is 0 Å². The van der Waals surface area contributed by atoms with E-state index in [9.17, 15) is 14.7 Å². The number of rotatable bonds is 5. The lowest BCUT2D eigenvalue weighted by Gasteiger charge is -2.22. The maximum Gasteiger partial charge on any atom is 0.335 e. The topological polar surface area (TPSA) is 72.8 Å². The van der Waals surface area contributed by atoms with Gasteiger partial charge in [0.05, 0.1) is 12.2 Å². The van der Waals surface area contributed by atoms with Crippen LogP contribution >= 0.6 is 0 Å². The van der Waals surface area contributed by atoms with Gasteiger partial charge in [-0.05, 0) is 42.3 Å². The summed E-state index contributed by atoms with van der Waals surface area (Å²) in [4.78, 5) is 23.0. The number of ether oxygens (including phenoxy) is 2. The summed E-state index contributed by atoms with van der Waals surface area (Å²) in [6.45, 7) is 5.66. The third-order valence-electron chi connectivity index (χ3n) is 3.62. The van der Waals surface area contributed by atoms with E-state index in [2.05, 4.69) is 6.58 Å². The highest BCUT2D eigenvalue weighted by Gasteiger charge is 2.22. The first-order chi connectivity index (χ1) is 10.5. The molecule has 1 N–H and O–H groups in total. The Morgan fingerprint density at radius 2 is 2.18 bits per heavy atom. The van der Waals surface area contributed by atoms with Crippen LogP contribution in [0.15, 0.2) is 30.9 Å². The van der Waals surface area contributed by atoms with E-state index in [4.69, 9.17) is 9.47 Å². The van der Waals surface area contributed by atoms with Crippen molar-refractivity contribution in [3.05, 3.63) is 47.6 Å². The Labute approximate surface area is 128 Å². The lowest BCUT2D eigenvalue weighted by molar-refractivity contribution is -0.121. The fraction of sp³-hybridized carbons (Fsp3) is 0.294. The molecule has 0 spiro atoms. The van der Waals surface area contributed by atoms with Crippen molar-refractivity contribution in [3.8, 4) is 5.75 Å². The minimum Gasteiger partial charge on any atom is -0.493 e. The molecular formula is C17H18O5. The summed E-state index contributed by atoms with van der Waals surface area (Å²) in [5.74, 6) is -0.606. The molecule has 1 unspecified atom stereocenters. The first-order valence-electron chi connectivity index (χ1n) is 6.88. The Balaban J connectivity index is 2.51. The molecule has 1 atom stereocenters. The lowest BCUT2D eigenvalue weighted by atomic mass is 9.93. The van der Waals surface area contributed by atoms with Crippen LogP contribution in [0.5, 0.6) is 5.75 Å². The number of methoxy groups -OCH3 is 1. The van der Waals surface area contributed by atoms with Crippen molar-refractivity contribution in [2.45, 2.75) is 19.4 Å².